The SMILES string of the molecule is N#Cc1ccc2n1C=C1NC=CN1C2. The minimum Gasteiger partial charge on any atom is -0.345 e. The van der Waals surface area contributed by atoms with E-state index in [2.05, 4.69) is 16.3 Å². The lowest BCUT2D eigenvalue weighted by Gasteiger charge is -2.23. The average Bonchev–Trinajstić information content (AvgIpc) is 2.78. The Morgan fingerprint density at radius 2 is 2.36 bits per heavy atom. The monoisotopic (exact) mass is 184 g/mol. The molecule has 2 aliphatic heterocycles. The first-order valence-corrected chi connectivity index (χ1v) is 4.40. The van der Waals surface area contributed by atoms with Crippen molar-refractivity contribution in [2.45, 2.75) is 6.54 Å². The van der Waals surface area contributed by atoms with Crippen LogP contribution >= 0.6 is 0 Å². The number of hydrogen-bond acceptors (Lipinski definition) is 3. The third-order valence-corrected chi connectivity index (χ3v) is 2.50. The Kier molecular flexibility index (Phi) is 1.26. The second-order valence-electron chi connectivity index (χ2n) is 3.29. The number of fused-ring (bicyclic) bond motifs is 2. The Morgan fingerprint density at radius 1 is 1.43 bits per heavy atom. The van der Waals surface area contributed by atoms with Crippen LogP contribution in [0.1, 0.15) is 11.4 Å². The molecule has 0 fully saturated rings. The summed E-state index contributed by atoms with van der Waals surface area (Å²) in [5.41, 5.74) is 1.82. The molecule has 0 atom stereocenters. The Morgan fingerprint density at radius 3 is 3.21 bits per heavy atom. The van der Waals surface area contributed by atoms with Crippen molar-refractivity contribution >= 4 is 6.20 Å². The quantitative estimate of drug-likeness (QED) is 0.654. The van der Waals surface area contributed by atoms with E-state index in [1.54, 1.807) is 0 Å². The minimum atomic E-state index is 0.681. The topological polar surface area (TPSA) is 44.0 Å². The smallest absolute Gasteiger partial charge is 0.127 e. The van der Waals surface area contributed by atoms with E-state index in [9.17, 15) is 0 Å². The summed E-state index contributed by atoms with van der Waals surface area (Å²) in [7, 11) is 0. The lowest BCUT2D eigenvalue weighted by molar-refractivity contribution is 0.440. The van der Waals surface area contributed by atoms with Gasteiger partial charge in [0.15, 0.2) is 0 Å². The van der Waals surface area contributed by atoms with Crippen molar-refractivity contribution in [1.29, 1.82) is 5.26 Å². The summed E-state index contributed by atoms with van der Waals surface area (Å²) in [5, 5.41) is 12.0. The molecule has 0 spiro atoms. The Balaban J connectivity index is 2.15. The van der Waals surface area contributed by atoms with Crippen LogP contribution < -0.4 is 5.32 Å². The van der Waals surface area contributed by atoms with Gasteiger partial charge in [0.05, 0.1) is 12.7 Å². The predicted octanol–water partition coefficient (Wildman–Crippen LogP) is 1.01. The summed E-state index contributed by atoms with van der Waals surface area (Å²) in [5.74, 6) is 1.02. The molecule has 0 amide bonds. The molecule has 0 bridgehead atoms. The molecule has 1 aromatic rings. The van der Waals surface area contributed by atoms with Gasteiger partial charge in [0.25, 0.3) is 0 Å². The van der Waals surface area contributed by atoms with Crippen LogP contribution in [0.5, 0.6) is 0 Å². The zero-order valence-corrected chi connectivity index (χ0v) is 7.44. The van der Waals surface area contributed by atoms with E-state index in [0.717, 1.165) is 18.1 Å². The molecule has 4 heteroatoms. The summed E-state index contributed by atoms with van der Waals surface area (Å²) in [6, 6.07) is 6.00. The zero-order chi connectivity index (χ0) is 9.54. The van der Waals surface area contributed by atoms with Crippen LogP contribution in [0.15, 0.2) is 30.4 Å². The van der Waals surface area contributed by atoms with Crippen LogP contribution in [0.2, 0.25) is 0 Å². The summed E-state index contributed by atoms with van der Waals surface area (Å²) in [6.45, 7) is 0.816. The van der Waals surface area contributed by atoms with E-state index >= 15 is 0 Å². The van der Waals surface area contributed by atoms with Crippen molar-refractivity contribution in [2.75, 3.05) is 0 Å². The molecule has 0 saturated carbocycles. The lowest BCUT2D eigenvalue weighted by Crippen LogP contribution is -2.24. The van der Waals surface area contributed by atoms with Gasteiger partial charge >= 0.3 is 0 Å². The van der Waals surface area contributed by atoms with Crippen molar-refractivity contribution < 1.29 is 0 Å². The summed E-state index contributed by atoms with van der Waals surface area (Å²) in [6.07, 6.45) is 5.83. The normalized spacial score (nSPS) is 16.8. The molecule has 0 saturated heterocycles. The van der Waals surface area contributed by atoms with E-state index < -0.39 is 0 Å². The molecule has 0 aromatic carbocycles. The maximum atomic E-state index is 8.87. The highest BCUT2D eigenvalue weighted by Crippen LogP contribution is 2.23. The lowest BCUT2D eigenvalue weighted by atomic mass is 10.3. The molecule has 4 nitrogen and oxygen atoms in total. The molecule has 1 N–H and O–H groups in total. The van der Waals surface area contributed by atoms with Gasteiger partial charge in [-0.3, -0.25) is 0 Å². The van der Waals surface area contributed by atoms with Crippen LogP contribution in [-0.4, -0.2) is 9.47 Å². The Bertz CT molecular complexity index is 487. The fourth-order valence-corrected chi connectivity index (χ4v) is 1.78. The molecule has 0 unspecified atom stereocenters. The van der Waals surface area contributed by atoms with Crippen molar-refractivity contribution in [2.24, 2.45) is 0 Å². The standard InChI is InChI=1S/C10H8N4/c11-5-8-1-2-9-6-13-4-3-12-10(13)7-14(8)9/h1-4,7,12H,6H2. The third-order valence-electron chi connectivity index (χ3n) is 2.50. The van der Waals surface area contributed by atoms with Crippen molar-refractivity contribution in [3.63, 3.8) is 0 Å². The zero-order valence-electron chi connectivity index (χ0n) is 7.44. The summed E-state index contributed by atoms with van der Waals surface area (Å²) >= 11 is 0. The maximum absolute atomic E-state index is 8.87. The van der Waals surface area contributed by atoms with Crippen LogP contribution in [0, 0.1) is 11.3 Å². The van der Waals surface area contributed by atoms with Gasteiger partial charge in [0.2, 0.25) is 0 Å². The fourth-order valence-electron chi connectivity index (χ4n) is 1.78. The summed E-state index contributed by atoms with van der Waals surface area (Å²) < 4.78 is 1.92. The first-order chi connectivity index (χ1) is 6.88. The molecule has 1 aromatic heterocycles. The number of nitriles is 1. The first-order valence-electron chi connectivity index (χ1n) is 4.40. The largest absolute Gasteiger partial charge is 0.345 e. The minimum absolute atomic E-state index is 0.681. The molecular weight excluding hydrogens is 176 g/mol. The van der Waals surface area contributed by atoms with Crippen LogP contribution in [0.4, 0.5) is 0 Å². The maximum Gasteiger partial charge on any atom is 0.127 e. The molecule has 3 heterocycles. The van der Waals surface area contributed by atoms with E-state index in [0.29, 0.717) is 5.69 Å². The highest BCUT2D eigenvalue weighted by atomic mass is 15.3. The highest BCUT2D eigenvalue weighted by molar-refractivity contribution is 5.45. The van der Waals surface area contributed by atoms with Gasteiger partial charge < -0.3 is 14.8 Å². The average molecular weight is 184 g/mol. The fraction of sp³-hybridized carbons (Fsp3) is 0.100. The van der Waals surface area contributed by atoms with E-state index in [1.165, 1.54) is 0 Å². The van der Waals surface area contributed by atoms with Gasteiger partial charge in [-0.05, 0) is 12.1 Å². The van der Waals surface area contributed by atoms with Gasteiger partial charge in [-0.25, -0.2) is 0 Å². The van der Waals surface area contributed by atoms with Crippen molar-refractivity contribution in [1.82, 2.24) is 14.8 Å². The third kappa shape index (κ3) is 0.811. The number of hydrogen-bond donors (Lipinski definition) is 1. The van der Waals surface area contributed by atoms with Crippen LogP contribution in [0.25, 0.3) is 6.20 Å². The van der Waals surface area contributed by atoms with Crippen molar-refractivity contribution in [3.05, 3.63) is 41.7 Å². The Labute approximate surface area is 81.4 Å². The van der Waals surface area contributed by atoms with E-state index in [-0.39, 0.29) is 0 Å². The number of nitrogens with one attached hydrogen (secondary N) is 1. The molecule has 14 heavy (non-hydrogen) atoms. The van der Waals surface area contributed by atoms with Gasteiger partial charge in [0, 0.05) is 18.1 Å². The van der Waals surface area contributed by atoms with E-state index in [4.69, 9.17) is 5.26 Å². The van der Waals surface area contributed by atoms with Gasteiger partial charge in [-0.1, -0.05) is 0 Å². The molecule has 2 aliphatic rings. The summed E-state index contributed by atoms with van der Waals surface area (Å²) in [4.78, 5) is 2.11. The van der Waals surface area contributed by atoms with Crippen LogP contribution in [0.3, 0.4) is 0 Å². The molecule has 3 rings (SSSR count). The molecule has 0 radical (unpaired) electrons. The number of aromatic nitrogens is 1. The number of rotatable bonds is 0. The second kappa shape index (κ2) is 2.42. The highest BCUT2D eigenvalue weighted by Gasteiger charge is 2.20. The molecular formula is C10H8N4. The predicted molar refractivity (Wildman–Crippen MR) is 51.2 cm³/mol. The first kappa shape index (κ1) is 7.27. The Hall–Kier alpha value is -2.15. The second-order valence-corrected chi connectivity index (χ2v) is 3.29. The van der Waals surface area contributed by atoms with E-state index in [1.807, 2.05) is 35.3 Å². The molecule has 68 valence electrons. The van der Waals surface area contributed by atoms with Gasteiger partial charge in [-0.2, -0.15) is 5.26 Å². The van der Waals surface area contributed by atoms with Crippen molar-refractivity contribution in [3.8, 4) is 6.07 Å². The van der Waals surface area contributed by atoms with Crippen LogP contribution in [-0.2, 0) is 6.54 Å². The van der Waals surface area contributed by atoms with Gasteiger partial charge in [-0.15, -0.1) is 0 Å². The number of nitrogens with zero attached hydrogens (tertiary/aromatic N) is 3. The molecule has 0 aliphatic carbocycles. The van der Waals surface area contributed by atoms with Gasteiger partial charge in [0.1, 0.15) is 17.6 Å².